The van der Waals surface area contributed by atoms with E-state index in [2.05, 4.69) is 5.32 Å². The normalized spacial score (nSPS) is 30.7. The van der Waals surface area contributed by atoms with E-state index in [9.17, 15) is 8.78 Å². The first-order valence-corrected chi connectivity index (χ1v) is 6.60. The summed E-state index contributed by atoms with van der Waals surface area (Å²) < 4.78 is 37.3. The Morgan fingerprint density at radius 3 is 2.84 bits per heavy atom. The Morgan fingerprint density at radius 2 is 2.11 bits per heavy atom. The van der Waals surface area contributed by atoms with Crippen LogP contribution in [0.5, 0.6) is 0 Å². The SMILES string of the molecule is Fc1ccc(NC2CCOC3(CCOC3)C2)cc1F. The molecule has 1 N–H and O–H groups in total. The van der Waals surface area contributed by atoms with Gasteiger partial charge in [-0.15, -0.1) is 0 Å². The van der Waals surface area contributed by atoms with Crippen LogP contribution in [-0.2, 0) is 9.47 Å². The smallest absolute Gasteiger partial charge is 0.160 e. The van der Waals surface area contributed by atoms with Gasteiger partial charge in [-0.3, -0.25) is 0 Å². The maximum atomic E-state index is 13.2. The molecule has 2 atom stereocenters. The number of hydrogen-bond acceptors (Lipinski definition) is 3. The number of hydrogen-bond donors (Lipinski definition) is 1. The summed E-state index contributed by atoms with van der Waals surface area (Å²) in [6, 6.07) is 4.11. The predicted octanol–water partition coefficient (Wildman–Crippen LogP) is 2.71. The lowest BCUT2D eigenvalue weighted by Crippen LogP contribution is -2.44. The third-order valence-corrected chi connectivity index (χ3v) is 3.85. The number of anilines is 1. The van der Waals surface area contributed by atoms with E-state index in [0.29, 0.717) is 18.9 Å². The molecule has 0 aliphatic carbocycles. The summed E-state index contributed by atoms with van der Waals surface area (Å²) in [6.45, 7) is 2.03. The van der Waals surface area contributed by atoms with Gasteiger partial charge in [-0.25, -0.2) is 8.78 Å². The zero-order valence-electron chi connectivity index (χ0n) is 10.6. The van der Waals surface area contributed by atoms with Gasteiger partial charge in [-0.2, -0.15) is 0 Å². The van der Waals surface area contributed by atoms with Crippen molar-refractivity contribution in [3.8, 4) is 0 Å². The average molecular weight is 269 g/mol. The lowest BCUT2D eigenvalue weighted by atomic mass is 9.89. The fraction of sp³-hybridized carbons (Fsp3) is 0.571. The van der Waals surface area contributed by atoms with E-state index >= 15 is 0 Å². The molecule has 2 fully saturated rings. The first-order valence-electron chi connectivity index (χ1n) is 6.60. The van der Waals surface area contributed by atoms with Crippen molar-refractivity contribution in [2.24, 2.45) is 0 Å². The van der Waals surface area contributed by atoms with Crippen molar-refractivity contribution in [3.63, 3.8) is 0 Å². The largest absolute Gasteiger partial charge is 0.382 e. The van der Waals surface area contributed by atoms with Gasteiger partial charge in [-0.1, -0.05) is 0 Å². The number of halogens is 2. The molecule has 0 saturated carbocycles. The fourth-order valence-corrected chi connectivity index (χ4v) is 2.84. The lowest BCUT2D eigenvalue weighted by molar-refractivity contribution is -0.0828. The molecular formula is C14H17F2NO2. The first-order chi connectivity index (χ1) is 9.17. The number of ether oxygens (including phenoxy) is 2. The van der Waals surface area contributed by atoms with E-state index in [-0.39, 0.29) is 11.6 Å². The van der Waals surface area contributed by atoms with Crippen LogP contribution in [0.1, 0.15) is 19.3 Å². The Balaban J connectivity index is 1.67. The molecule has 0 radical (unpaired) electrons. The lowest BCUT2D eigenvalue weighted by Gasteiger charge is -2.37. The monoisotopic (exact) mass is 269 g/mol. The second kappa shape index (κ2) is 5.06. The molecular weight excluding hydrogens is 252 g/mol. The van der Waals surface area contributed by atoms with E-state index in [1.165, 1.54) is 6.07 Å². The van der Waals surface area contributed by atoms with Crippen molar-refractivity contribution in [3.05, 3.63) is 29.8 Å². The summed E-state index contributed by atoms with van der Waals surface area (Å²) >= 11 is 0. The number of rotatable bonds is 2. The van der Waals surface area contributed by atoms with Gasteiger partial charge in [0.05, 0.1) is 12.2 Å². The Hall–Kier alpha value is -1.20. The molecule has 0 amide bonds. The Labute approximate surface area is 110 Å². The van der Waals surface area contributed by atoms with Crippen molar-refractivity contribution >= 4 is 5.69 Å². The second-order valence-corrected chi connectivity index (χ2v) is 5.30. The van der Waals surface area contributed by atoms with Crippen molar-refractivity contribution in [1.82, 2.24) is 0 Å². The van der Waals surface area contributed by atoms with Crippen LogP contribution in [0.3, 0.4) is 0 Å². The highest BCUT2D eigenvalue weighted by Gasteiger charge is 2.40. The highest BCUT2D eigenvalue weighted by molar-refractivity contribution is 5.44. The summed E-state index contributed by atoms with van der Waals surface area (Å²) in [5.74, 6) is -1.64. The topological polar surface area (TPSA) is 30.5 Å². The molecule has 5 heteroatoms. The van der Waals surface area contributed by atoms with Crippen LogP contribution in [0.25, 0.3) is 0 Å². The van der Waals surface area contributed by atoms with E-state index in [1.807, 2.05) is 0 Å². The van der Waals surface area contributed by atoms with E-state index in [0.717, 1.165) is 31.9 Å². The van der Waals surface area contributed by atoms with Gasteiger partial charge in [0.25, 0.3) is 0 Å². The standard InChI is InChI=1S/C14H17F2NO2/c15-12-2-1-10(7-13(12)16)17-11-3-5-19-14(8-11)4-6-18-9-14/h1-2,7,11,17H,3-6,8-9H2. The Kier molecular flexibility index (Phi) is 3.41. The molecule has 19 heavy (non-hydrogen) atoms. The maximum absolute atomic E-state index is 13.2. The molecule has 2 saturated heterocycles. The maximum Gasteiger partial charge on any atom is 0.160 e. The molecule has 0 bridgehead atoms. The van der Waals surface area contributed by atoms with Crippen LogP contribution in [0.2, 0.25) is 0 Å². The highest BCUT2D eigenvalue weighted by Crippen LogP contribution is 2.34. The van der Waals surface area contributed by atoms with Crippen molar-refractivity contribution in [2.75, 3.05) is 25.1 Å². The van der Waals surface area contributed by atoms with Gasteiger partial charge < -0.3 is 14.8 Å². The molecule has 1 aromatic rings. The molecule has 2 aliphatic rings. The van der Waals surface area contributed by atoms with Gasteiger partial charge in [0.15, 0.2) is 11.6 Å². The van der Waals surface area contributed by atoms with Crippen LogP contribution in [-0.4, -0.2) is 31.5 Å². The van der Waals surface area contributed by atoms with Crippen LogP contribution in [0.4, 0.5) is 14.5 Å². The fourth-order valence-electron chi connectivity index (χ4n) is 2.84. The molecule has 2 heterocycles. The highest BCUT2D eigenvalue weighted by atomic mass is 19.2. The molecule has 1 spiro atoms. The minimum absolute atomic E-state index is 0.186. The van der Waals surface area contributed by atoms with E-state index in [1.54, 1.807) is 6.07 Å². The second-order valence-electron chi connectivity index (χ2n) is 5.30. The van der Waals surface area contributed by atoms with E-state index < -0.39 is 11.6 Å². The van der Waals surface area contributed by atoms with Gasteiger partial charge in [-0.05, 0) is 25.0 Å². The number of benzene rings is 1. The first kappa shape index (κ1) is 12.8. The average Bonchev–Trinajstić information content (AvgIpc) is 2.82. The third kappa shape index (κ3) is 2.72. The summed E-state index contributed by atoms with van der Waals surface area (Å²) in [4.78, 5) is 0. The van der Waals surface area contributed by atoms with Crippen molar-refractivity contribution in [2.45, 2.75) is 30.9 Å². The van der Waals surface area contributed by atoms with Crippen molar-refractivity contribution in [1.29, 1.82) is 0 Å². The molecule has 2 aliphatic heterocycles. The minimum Gasteiger partial charge on any atom is -0.382 e. The van der Waals surface area contributed by atoms with Gasteiger partial charge >= 0.3 is 0 Å². The molecule has 1 aromatic carbocycles. The summed E-state index contributed by atoms with van der Waals surface area (Å²) in [5.41, 5.74) is 0.425. The van der Waals surface area contributed by atoms with E-state index in [4.69, 9.17) is 9.47 Å². The van der Waals surface area contributed by atoms with Crippen LogP contribution >= 0.6 is 0 Å². The zero-order valence-corrected chi connectivity index (χ0v) is 10.6. The van der Waals surface area contributed by atoms with Crippen LogP contribution in [0, 0.1) is 11.6 Å². The Morgan fingerprint density at radius 1 is 1.21 bits per heavy atom. The van der Waals surface area contributed by atoms with Gasteiger partial charge in [0.1, 0.15) is 0 Å². The molecule has 3 rings (SSSR count). The molecule has 0 aromatic heterocycles. The molecule has 104 valence electrons. The number of nitrogens with one attached hydrogen (secondary N) is 1. The van der Waals surface area contributed by atoms with Crippen LogP contribution < -0.4 is 5.32 Å². The summed E-state index contributed by atoms with van der Waals surface area (Å²) in [6.07, 6.45) is 2.61. The van der Waals surface area contributed by atoms with Crippen molar-refractivity contribution < 1.29 is 18.3 Å². The minimum atomic E-state index is -0.823. The summed E-state index contributed by atoms with van der Waals surface area (Å²) in [7, 11) is 0. The predicted molar refractivity (Wildman–Crippen MR) is 67.1 cm³/mol. The molecule has 3 nitrogen and oxygen atoms in total. The zero-order chi connectivity index (χ0) is 13.3. The van der Waals surface area contributed by atoms with Gasteiger partial charge in [0, 0.05) is 37.4 Å². The quantitative estimate of drug-likeness (QED) is 0.895. The third-order valence-electron chi connectivity index (χ3n) is 3.85. The summed E-state index contributed by atoms with van der Waals surface area (Å²) in [5, 5.41) is 3.26. The molecule has 2 unspecified atom stereocenters. The van der Waals surface area contributed by atoms with Gasteiger partial charge in [0.2, 0.25) is 0 Å². The van der Waals surface area contributed by atoms with Crippen LogP contribution in [0.15, 0.2) is 18.2 Å². The Bertz CT molecular complexity index is 461.